The highest BCUT2D eigenvalue weighted by Crippen LogP contribution is 2.34. The van der Waals surface area contributed by atoms with Gasteiger partial charge in [0.05, 0.1) is 7.76 Å². The molecule has 1 aromatic carbocycles. The number of nitrogens with two attached hydrogens (primary N) is 1. The van der Waals surface area contributed by atoms with E-state index in [1.165, 1.54) is 6.92 Å². The normalized spacial score (nSPS) is 17.9. The molecule has 0 saturated heterocycles. The predicted octanol–water partition coefficient (Wildman–Crippen LogP) is 3.23. The first kappa shape index (κ1) is 7.13. The van der Waals surface area contributed by atoms with E-state index in [-0.39, 0.29) is 40.0 Å². The summed E-state index contributed by atoms with van der Waals surface area (Å²) in [6.07, 6.45) is 0. The summed E-state index contributed by atoms with van der Waals surface area (Å²) >= 11 is 6.05. The molecule has 0 aliphatic carbocycles. The lowest BCUT2D eigenvalue weighted by atomic mass is 10.1. The molecular weight excluding hydrogens is 278 g/mol. The summed E-state index contributed by atoms with van der Waals surface area (Å²) in [7, 11) is 0. The Bertz CT molecular complexity index is 928. The maximum Gasteiger partial charge on any atom is 0.267 e. The van der Waals surface area contributed by atoms with E-state index < -0.39 is 30.7 Å². The number of anilines is 1. The Kier molecular flexibility index (Phi) is 1.98. The van der Waals surface area contributed by atoms with Gasteiger partial charge in [-0.3, -0.25) is 4.79 Å². The fourth-order valence-electron chi connectivity index (χ4n) is 1.52. The molecule has 0 fully saturated rings. The summed E-state index contributed by atoms with van der Waals surface area (Å²) in [6, 6.07) is 0.346. The van der Waals surface area contributed by atoms with E-state index in [0.29, 0.717) is 0 Å². The van der Waals surface area contributed by atoms with E-state index in [0.717, 1.165) is 6.07 Å². The van der Waals surface area contributed by atoms with Crippen LogP contribution in [0.15, 0.2) is 22.9 Å². The summed E-state index contributed by atoms with van der Waals surface area (Å²) in [5.41, 5.74) is 4.08. The molecule has 2 rings (SSSR count). The van der Waals surface area contributed by atoms with E-state index in [2.05, 4.69) is 5.10 Å². The molecule has 0 bridgehead atoms. The van der Waals surface area contributed by atoms with Gasteiger partial charge >= 0.3 is 0 Å². The van der Waals surface area contributed by atoms with Crippen molar-refractivity contribution in [2.75, 3.05) is 5.73 Å². The van der Waals surface area contributed by atoms with Crippen LogP contribution in [-0.2, 0) is 0 Å². The van der Waals surface area contributed by atoms with Crippen LogP contribution in [0.5, 0.6) is 11.6 Å². The summed E-state index contributed by atoms with van der Waals surface area (Å²) < 4.78 is 66.1. The number of hydrogen-bond donors (Lipinski definition) is 2. The Balaban J connectivity index is 2.61. The van der Waals surface area contributed by atoms with Crippen molar-refractivity contribution in [1.82, 2.24) is 10.2 Å². The highest BCUT2D eigenvalue weighted by molar-refractivity contribution is 6.32. The zero-order valence-electron chi connectivity index (χ0n) is 18.4. The molecule has 20 heavy (non-hydrogen) atoms. The number of benzene rings is 1. The topological polar surface area (TPSA) is 81.0 Å². The van der Waals surface area contributed by atoms with E-state index in [1.54, 1.807) is 0 Å². The lowest BCUT2D eigenvalue weighted by Gasteiger charge is -2.11. The van der Waals surface area contributed by atoms with Gasteiger partial charge in [0.2, 0.25) is 5.88 Å². The molecule has 0 atom stereocenters. The smallest absolute Gasteiger partial charge is 0.267 e. The van der Waals surface area contributed by atoms with Crippen molar-refractivity contribution in [3.8, 4) is 11.6 Å². The Morgan fingerprint density at radius 3 is 3.00 bits per heavy atom. The van der Waals surface area contributed by atoms with Crippen LogP contribution in [0.1, 0.15) is 41.7 Å². The number of nitrogen functional groups attached to an aromatic ring is 1. The second kappa shape index (κ2) is 5.54. The monoisotopic (exact) mass is 301 g/mol. The number of nitrogens with zero attached hydrogens (tertiary/aromatic N) is 1. The molecule has 0 spiro atoms. The van der Waals surface area contributed by atoms with Gasteiger partial charge in [-0.2, -0.15) is 0 Å². The highest BCUT2D eigenvalue weighted by atomic mass is 35.5. The van der Waals surface area contributed by atoms with Crippen LogP contribution in [0.3, 0.4) is 0 Å². The Hall–Kier alpha value is -2.01. The maximum absolute atomic E-state index is 12.1. The molecule has 0 saturated carbocycles. The van der Waals surface area contributed by atoms with Crippen molar-refractivity contribution < 1.29 is 15.7 Å². The third kappa shape index (κ3) is 2.93. The van der Waals surface area contributed by atoms with Crippen LogP contribution >= 0.6 is 11.6 Å². The minimum Gasteiger partial charge on any atom is -0.436 e. The van der Waals surface area contributed by atoms with Crippen LogP contribution in [0, 0.1) is 6.92 Å². The molecule has 0 unspecified atom stereocenters. The molecule has 0 radical (unpaired) electrons. The van der Waals surface area contributed by atoms with Gasteiger partial charge in [-0.1, -0.05) is 25.3 Å². The van der Waals surface area contributed by atoms with Crippen molar-refractivity contribution in [2.24, 2.45) is 0 Å². The third-order valence-electron chi connectivity index (χ3n) is 2.43. The quantitative estimate of drug-likeness (QED) is 0.853. The molecule has 1 aromatic heterocycles. The number of aromatic nitrogens is 2. The number of nitrogens with one attached hydrogen (secondary N) is 1. The van der Waals surface area contributed by atoms with E-state index >= 15 is 0 Å². The average molecular weight is 302 g/mol. The predicted molar refractivity (Wildman–Crippen MR) is 79.6 cm³/mol. The lowest BCUT2D eigenvalue weighted by molar-refractivity contribution is 0.449. The van der Waals surface area contributed by atoms with Crippen LogP contribution in [0.25, 0.3) is 0 Å². The SMILES string of the molecule is [2H]c1c(C)c(Oc2cc(C(C([2H])([2H])[2H])C([2H])([2H])[2H])c(=O)[nH]n2)c(Cl)c([2H])c1N. The number of aromatic amines is 1. The molecular formula is C14H16ClN3O2. The van der Waals surface area contributed by atoms with Gasteiger partial charge in [-0.05, 0) is 30.5 Å². The first-order valence-electron chi connectivity index (χ1n) is 9.48. The number of ether oxygens (including phenoxy) is 1. The molecule has 0 aliphatic rings. The molecule has 106 valence electrons. The fourth-order valence-corrected chi connectivity index (χ4v) is 1.81. The van der Waals surface area contributed by atoms with Gasteiger partial charge in [0.25, 0.3) is 5.56 Å². The molecule has 3 N–H and O–H groups in total. The largest absolute Gasteiger partial charge is 0.436 e. The minimum absolute atomic E-state index is 0.143. The van der Waals surface area contributed by atoms with Crippen molar-refractivity contribution in [2.45, 2.75) is 26.5 Å². The molecule has 2 aromatic rings. The highest BCUT2D eigenvalue weighted by Gasteiger charge is 2.12. The van der Waals surface area contributed by atoms with E-state index in [1.807, 2.05) is 5.10 Å². The van der Waals surface area contributed by atoms with Crippen LogP contribution in [-0.4, -0.2) is 10.2 Å². The molecule has 1 heterocycles. The van der Waals surface area contributed by atoms with E-state index in [9.17, 15) is 4.79 Å². The minimum atomic E-state index is -2.99. The summed E-state index contributed by atoms with van der Waals surface area (Å²) in [6.45, 7) is -4.53. The third-order valence-corrected chi connectivity index (χ3v) is 2.70. The number of rotatable bonds is 3. The molecule has 0 aliphatic heterocycles. The standard InChI is InChI=1S/C14H16ClN3O2/c1-7(2)10-6-12(17-18-14(10)19)20-13-8(3)4-9(16)5-11(13)15/h4-7H,16H2,1-3H3,(H,18,19)/i1D3,2D3,4D,5D. The zero-order chi connectivity index (χ0) is 21.6. The lowest BCUT2D eigenvalue weighted by Crippen LogP contribution is -2.15. The Morgan fingerprint density at radius 1 is 1.55 bits per heavy atom. The van der Waals surface area contributed by atoms with Gasteiger partial charge in [0.1, 0.15) is 0 Å². The first-order chi connectivity index (χ1) is 12.7. The molecule has 5 nitrogen and oxygen atoms in total. The fraction of sp³-hybridized carbons (Fsp3) is 0.286. The van der Waals surface area contributed by atoms with Crippen molar-refractivity contribution >= 4 is 17.3 Å². The number of hydrogen-bond acceptors (Lipinski definition) is 4. The average Bonchev–Trinajstić information content (AvgIpc) is 2.55. The number of halogens is 1. The number of H-pyrrole nitrogens is 1. The summed E-state index contributed by atoms with van der Waals surface area (Å²) in [4.78, 5) is 12.1. The molecule has 6 heteroatoms. The summed E-state index contributed by atoms with van der Waals surface area (Å²) in [5, 5.41) is 5.39. The van der Waals surface area contributed by atoms with Crippen LogP contribution in [0.2, 0.25) is 5.02 Å². The second-order valence-electron chi connectivity index (χ2n) is 3.96. The maximum atomic E-state index is 12.1. The zero-order valence-corrected chi connectivity index (χ0v) is 11.1. The van der Waals surface area contributed by atoms with Crippen LogP contribution < -0.4 is 16.0 Å². The van der Waals surface area contributed by atoms with Gasteiger partial charge < -0.3 is 10.5 Å². The Morgan fingerprint density at radius 2 is 2.30 bits per heavy atom. The van der Waals surface area contributed by atoms with E-state index in [4.69, 9.17) is 33.0 Å². The second-order valence-corrected chi connectivity index (χ2v) is 4.34. The van der Waals surface area contributed by atoms with Gasteiger partial charge in [-0.25, -0.2) is 5.10 Å². The molecule has 0 amide bonds. The van der Waals surface area contributed by atoms with Gasteiger partial charge in [0.15, 0.2) is 5.75 Å². The summed E-state index contributed by atoms with van der Waals surface area (Å²) in [5.74, 6) is -2.58. The van der Waals surface area contributed by atoms with Crippen molar-refractivity contribution in [1.29, 1.82) is 0 Å². The van der Waals surface area contributed by atoms with Crippen LogP contribution in [0.4, 0.5) is 5.69 Å². The van der Waals surface area contributed by atoms with Crippen molar-refractivity contribution in [3.05, 3.63) is 44.7 Å². The Labute approximate surface area is 133 Å². The van der Waals surface area contributed by atoms with Gasteiger partial charge in [-0.15, -0.1) is 5.10 Å². The van der Waals surface area contributed by atoms with Gasteiger partial charge in [0, 0.05) is 25.5 Å². The van der Waals surface area contributed by atoms with Crippen molar-refractivity contribution in [3.63, 3.8) is 0 Å². The first-order valence-corrected chi connectivity index (χ1v) is 5.86.